The fourth-order valence-electron chi connectivity index (χ4n) is 2.16. The molecule has 2 aromatic carbocycles. The summed E-state index contributed by atoms with van der Waals surface area (Å²) in [6.45, 7) is 3.58. The van der Waals surface area contributed by atoms with E-state index in [0.29, 0.717) is 27.0 Å². The number of hydrogen-bond acceptors (Lipinski definition) is 4. The topological polar surface area (TPSA) is 67.4 Å². The Morgan fingerprint density at radius 2 is 1.80 bits per heavy atom. The van der Waals surface area contributed by atoms with Gasteiger partial charge in [-0.1, -0.05) is 29.3 Å². The van der Waals surface area contributed by atoms with Crippen LogP contribution in [0.4, 0.5) is 11.4 Å². The van der Waals surface area contributed by atoms with E-state index in [1.165, 1.54) is 7.11 Å². The molecule has 25 heavy (non-hydrogen) atoms. The van der Waals surface area contributed by atoms with Gasteiger partial charge >= 0.3 is 5.97 Å². The minimum absolute atomic E-state index is 0.285. The Bertz CT molecular complexity index is 809. The van der Waals surface area contributed by atoms with Gasteiger partial charge in [0, 0.05) is 10.7 Å². The maximum absolute atomic E-state index is 12.4. The lowest BCUT2D eigenvalue weighted by molar-refractivity contribution is -0.116. The van der Waals surface area contributed by atoms with Gasteiger partial charge in [-0.2, -0.15) is 0 Å². The molecular weight excluding hydrogens is 363 g/mol. The highest BCUT2D eigenvalue weighted by Gasteiger charge is 2.16. The quantitative estimate of drug-likeness (QED) is 0.747. The maximum atomic E-state index is 12.4. The number of aryl methyl sites for hydroxylation is 1. The van der Waals surface area contributed by atoms with E-state index in [4.69, 9.17) is 27.9 Å². The van der Waals surface area contributed by atoms with E-state index in [1.54, 1.807) is 43.3 Å². The number of esters is 1. The number of carbonyl (C=O) groups is 2. The van der Waals surface area contributed by atoms with Crippen LogP contribution in [0.25, 0.3) is 0 Å². The van der Waals surface area contributed by atoms with Crippen LogP contribution in [-0.4, -0.2) is 25.0 Å². The molecule has 0 aliphatic carbocycles. The van der Waals surface area contributed by atoms with Crippen molar-refractivity contribution in [2.45, 2.75) is 19.9 Å². The molecule has 0 spiro atoms. The highest BCUT2D eigenvalue weighted by molar-refractivity contribution is 6.35. The van der Waals surface area contributed by atoms with Crippen molar-refractivity contribution < 1.29 is 14.3 Å². The lowest BCUT2D eigenvalue weighted by Crippen LogP contribution is -2.32. The number of nitrogens with one attached hydrogen (secondary N) is 2. The van der Waals surface area contributed by atoms with Gasteiger partial charge in [0.25, 0.3) is 0 Å². The smallest absolute Gasteiger partial charge is 0.337 e. The molecule has 0 saturated heterocycles. The molecule has 1 amide bonds. The number of rotatable bonds is 5. The van der Waals surface area contributed by atoms with Crippen molar-refractivity contribution in [2.24, 2.45) is 0 Å². The van der Waals surface area contributed by atoms with Gasteiger partial charge in [-0.3, -0.25) is 4.79 Å². The molecule has 0 radical (unpaired) electrons. The standard InChI is InChI=1S/C18H18Cl2N2O3/c1-10-4-5-12(18(24)25-3)8-15(10)21-11(2)17(23)22-16-9-13(19)6-7-14(16)20/h4-9,11,21H,1-3H3,(H,22,23)/t11-/m1/s1. The summed E-state index contributed by atoms with van der Waals surface area (Å²) in [7, 11) is 1.32. The molecule has 2 aromatic rings. The summed E-state index contributed by atoms with van der Waals surface area (Å²) in [4.78, 5) is 24.1. The summed E-state index contributed by atoms with van der Waals surface area (Å²) >= 11 is 12.0. The monoisotopic (exact) mass is 380 g/mol. The minimum atomic E-state index is -0.568. The van der Waals surface area contributed by atoms with E-state index in [9.17, 15) is 9.59 Å². The number of hydrogen-bond donors (Lipinski definition) is 2. The third-order valence-corrected chi connectivity index (χ3v) is 4.17. The van der Waals surface area contributed by atoms with Crippen molar-refractivity contribution in [3.63, 3.8) is 0 Å². The normalized spacial score (nSPS) is 11.6. The van der Waals surface area contributed by atoms with E-state index in [0.717, 1.165) is 5.56 Å². The number of amides is 1. The summed E-state index contributed by atoms with van der Waals surface area (Å²) in [6, 6.07) is 9.37. The largest absolute Gasteiger partial charge is 0.465 e. The van der Waals surface area contributed by atoms with E-state index < -0.39 is 12.0 Å². The Morgan fingerprint density at radius 3 is 2.48 bits per heavy atom. The van der Waals surface area contributed by atoms with Gasteiger partial charge < -0.3 is 15.4 Å². The third-order valence-electron chi connectivity index (χ3n) is 3.61. The zero-order valence-electron chi connectivity index (χ0n) is 14.0. The number of anilines is 2. The van der Waals surface area contributed by atoms with Gasteiger partial charge in [0.05, 0.1) is 23.4 Å². The molecule has 2 N–H and O–H groups in total. The first kappa shape index (κ1) is 19.1. The van der Waals surface area contributed by atoms with Crippen molar-refractivity contribution in [2.75, 3.05) is 17.7 Å². The van der Waals surface area contributed by atoms with Crippen molar-refractivity contribution in [1.82, 2.24) is 0 Å². The first-order valence-electron chi connectivity index (χ1n) is 7.53. The highest BCUT2D eigenvalue weighted by Crippen LogP contribution is 2.26. The fraction of sp³-hybridized carbons (Fsp3) is 0.222. The molecule has 0 heterocycles. The van der Waals surface area contributed by atoms with Crippen LogP contribution in [0.5, 0.6) is 0 Å². The minimum Gasteiger partial charge on any atom is -0.465 e. The van der Waals surface area contributed by atoms with Gasteiger partial charge in [0.15, 0.2) is 0 Å². The van der Waals surface area contributed by atoms with E-state index >= 15 is 0 Å². The molecule has 132 valence electrons. The fourth-order valence-corrected chi connectivity index (χ4v) is 2.49. The second-order valence-corrected chi connectivity index (χ2v) is 6.34. The number of benzene rings is 2. The Morgan fingerprint density at radius 1 is 1.08 bits per heavy atom. The van der Waals surface area contributed by atoms with E-state index in [1.807, 2.05) is 6.92 Å². The van der Waals surface area contributed by atoms with Gasteiger partial charge in [0.2, 0.25) is 5.91 Å². The van der Waals surface area contributed by atoms with Crippen LogP contribution in [0.15, 0.2) is 36.4 Å². The summed E-state index contributed by atoms with van der Waals surface area (Å²) in [6.07, 6.45) is 0. The predicted octanol–water partition coefficient (Wildman–Crippen LogP) is 4.53. The summed E-state index contributed by atoms with van der Waals surface area (Å²) in [5, 5.41) is 6.69. The molecule has 0 bridgehead atoms. The van der Waals surface area contributed by atoms with Crippen LogP contribution in [0.2, 0.25) is 10.0 Å². The third kappa shape index (κ3) is 4.87. The Labute approximate surface area is 156 Å². The van der Waals surface area contributed by atoms with Crippen molar-refractivity contribution in [1.29, 1.82) is 0 Å². The zero-order chi connectivity index (χ0) is 18.6. The van der Waals surface area contributed by atoms with Crippen molar-refractivity contribution >= 4 is 46.5 Å². The molecule has 7 heteroatoms. The molecule has 5 nitrogen and oxygen atoms in total. The van der Waals surface area contributed by atoms with Crippen LogP contribution in [0.3, 0.4) is 0 Å². The highest BCUT2D eigenvalue weighted by atomic mass is 35.5. The van der Waals surface area contributed by atoms with Gasteiger partial charge in [-0.15, -0.1) is 0 Å². The molecule has 0 fully saturated rings. The summed E-state index contributed by atoms with van der Waals surface area (Å²) < 4.78 is 4.71. The molecular formula is C18H18Cl2N2O3. The first-order valence-corrected chi connectivity index (χ1v) is 8.29. The molecule has 0 unspecified atom stereocenters. The predicted molar refractivity (Wildman–Crippen MR) is 101 cm³/mol. The van der Waals surface area contributed by atoms with Crippen molar-refractivity contribution in [3.05, 3.63) is 57.6 Å². The first-order chi connectivity index (χ1) is 11.8. The van der Waals surface area contributed by atoms with Crippen molar-refractivity contribution in [3.8, 4) is 0 Å². The number of methoxy groups -OCH3 is 1. The lowest BCUT2D eigenvalue weighted by atomic mass is 10.1. The SMILES string of the molecule is COC(=O)c1ccc(C)c(N[C@H](C)C(=O)Nc2cc(Cl)ccc2Cl)c1. The lowest BCUT2D eigenvalue weighted by Gasteiger charge is -2.18. The number of carbonyl (C=O) groups excluding carboxylic acids is 2. The molecule has 0 aromatic heterocycles. The Hall–Kier alpha value is -2.24. The molecule has 1 atom stereocenters. The van der Waals surface area contributed by atoms with Gasteiger partial charge in [0.1, 0.15) is 6.04 Å². The number of halogens is 2. The molecule has 0 aliphatic heterocycles. The Kier molecular flexibility index (Phi) is 6.28. The average Bonchev–Trinajstić information content (AvgIpc) is 2.59. The van der Waals surface area contributed by atoms with E-state index in [-0.39, 0.29) is 5.91 Å². The average molecular weight is 381 g/mol. The maximum Gasteiger partial charge on any atom is 0.337 e. The Balaban J connectivity index is 2.13. The van der Waals surface area contributed by atoms with E-state index in [2.05, 4.69) is 10.6 Å². The second kappa shape index (κ2) is 8.23. The zero-order valence-corrected chi connectivity index (χ0v) is 15.5. The van der Waals surface area contributed by atoms with Crippen LogP contribution in [-0.2, 0) is 9.53 Å². The van der Waals surface area contributed by atoms with Gasteiger partial charge in [-0.05, 0) is 49.7 Å². The molecule has 0 saturated carbocycles. The molecule has 0 aliphatic rings. The summed E-state index contributed by atoms with van der Waals surface area (Å²) in [5.74, 6) is -0.724. The van der Waals surface area contributed by atoms with Crippen LogP contribution in [0, 0.1) is 6.92 Å². The van der Waals surface area contributed by atoms with Crippen LogP contribution in [0.1, 0.15) is 22.8 Å². The number of ether oxygens (including phenoxy) is 1. The summed E-state index contributed by atoms with van der Waals surface area (Å²) in [5.41, 5.74) is 2.41. The van der Waals surface area contributed by atoms with Crippen LogP contribution < -0.4 is 10.6 Å². The second-order valence-electron chi connectivity index (χ2n) is 5.50. The van der Waals surface area contributed by atoms with Gasteiger partial charge in [-0.25, -0.2) is 4.79 Å². The molecule has 2 rings (SSSR count). The van der Waals surface area contributed by atoms with Crippen LogP contribution >= 0.6 is 23.2 Å².